The molecule has 0 bridgehead atoms. The highest BCUT2D eigenvalue weighted by Crippen LogP contribution is 2.43. The van der Waals surface area contributed by atoms with Crippen LogP contribution in [0, 0.1) is 0 Å². The van der Waals surface area contributed by atoms with E-state index in [1.54, 1.807) is 36.3 Å². The number of rotatable bonds is 3. The fraction of sp³-hybridized carbons (Fsp3) is 0.500. The SMILES string of the molecule is COc1ccc(N2C(=O)[C@@H]3O[C@@](C)(O)[C@@H](OC)[C@@H]32)cc1. The van der Waals surface area contributed by atoms with Crippen LogP contribution in [0.15, 0.2) is 24.3 Å². The Bertz CT molecular complexity index is 527. The number of methoxy groups -OCH3 is 2. The predicted octanol–water partition coefficient (Wildman–Crippen LogP) is 0.533. The van der Waals surface area contributed by atoms with E-state index >= 15 is 0 Å². The van der Waals surface area contributed by atoms with Crippen molar-refractivity contribution in [2.45, 2.75) is 31.0 Å². The maximum absolute atomic E-state index is 12.2. The Labute approximate surface area is 116 Å². The van der Waals surface area contributed by atoms with Gasteiger partial charge in [0.15, 0.2) is 11.9 Å². The van der Waals surface area contributed by atoms with Crippen LogP contribution in [0.25, 0.3) is 0 Å². The third-order valence-electron chi connectivity index (χ3n) is 3.90. The topological polar surface area (TPSA) is 68.2 Å². The summed E-state index contributed by atoms with van der Waals surface area (Å²) < 4.78 is 15.8. The van der Waals surface area contributed by atoms with Gasteiger partial charge in [0.05, 0.1) is 7.11 Å². The number of ether oxygens (including phenoxy) is 3. The molecule has 1 N–H and O–H groups in total. The van der Waals surface area contributed by atoms with E-state index in [2.05, 4.69) is 0 Å². The first-order valence-corrected chi connectivity index (χ1v) is 6.39. The van der Waals surface area contributed by atoms with E-state index < -0.39 is 18.0 Å². The van der Waals surface area contributed by atoms with E-state index in [-0.39, 0.29) is 11.9 Å². The molecule has 4 atom stereocenters. The third kappa shape index (κ3) is 1.72. The van der Waals surface area contributed by atoms with Gasteiger partial charge >= 0.3 is 0 Å². The Morgan fingerprint density at radius 3 is 2.50 bits per heavy atom. The minimum Gasteiger partial charge on any atom is -0.497 e. The zero-order valence-corrected chi connectivity index (χ0v) is 11.6. The van der Waals surface area contributed by atoms with Crippen LogP contribution < -0.4 is 9.64 Å². The number of hydrogen-bond acceptors (Lipinski definition) is 5. The highest BCUT2D eigenvalue weighted by molar-refractivity contribution is 6.05. The maximum Gasteiger partial charge on any atom is 0.258 e. The van der Waals surface area contributed by atoms with Gasteiger partial charge in [-0.2, -0.15) is 0 Å². The van der Waals surface area contributed by atoms with Crippen molar-refractivity contribution in [1.29, 1.82) is 0 Å². The molecule has 0 unspecified atom stereocenters. The second kappa shape index (κ2) is 4.44. The zero-order chi connectivity index (χ0) is 14.5. The quantitative estimate of drug-likeness (QED) is 0.818. The summed E-state index contributed by atoms with van der Waals surface area (Å²) in [6.45, 7) is 1.51. The Hall–Kier alpha value is -1.63. The van der Waals surface area contributed by atoms with Gasteiger partial charge in [-0.25, -0.2) is 0 Å². The van der Waals surface area contributed by atoms with Crippen LogP contribution in [0.3, 0.4) is 0 Å². The van der Waals surface area contributed by atoms with Crippen molar-refractivity contribution in [3.63, 3.8) is 0 Å². The number of carbonyl (C=O) groups is 1. The Morgan fingerprint density at radius 2 is 1.95 bits per heavy atom. The number of β-lactam (4-membered cyclic amide) rings is 1. The first-order valence-electron chi connectivity index (χ1n) is 6.39. The number of benzene rings is 1. The van der Waals surface area contributed by atoms with E-state index in [4.69, 9.17) is 14.2 Å². The molecule has 0 spiro atoms. The van der Waals surface area contributed by atoms with Crippen molar-refractivity contribution in [2.24, 2.45) is 0 Å². The summed E-state index contributed by atoms with van der Waals surface area (Å²) in [6.07, 6.45) is -1.22. The average molecular weight is 279 g/mol. The Balaban J connectivity index is 1.89. The lowest BCUT2D eigenvalue weighted by Crippen LogP contribution is -2.67. The summed E-state index contributed by atoms with van der Waals surface area (Å²) in [5, 5.41) is 10.2. The second-order valence-electron chi connectivity index (χ2n) is 5.15. The van der Waals surface area contributed by atoms with E-state index in [0.717, 1.165) is 11.4 Å². The molecular weight excluding hydrogens is 262 g/mol. The Kier molecular flexibility index (Phi) is 2.97. The summed E-state index contributed by atoms with van der Waals surface area (Å²) >= 11 is 0. The molecule has 0 radical (unpaired) electrons. The molecule has 0 saturated carbocycles. The van der Waals surface area contributed by atoms with Crippen LogP contribution in [0.5, 0.6) is 5.75 Å². The minimum absolute atomic E-state index is 0.167. The Morgan fingerprint density at radius 1 is 1.30 bits per heavy atom. The zero-order valence-electron chi connectivity index (χ0n) is 11.6. The second-order valence-corrected chi connectivity index (χ2v) is 5.15. The molecule has 2 saturated heterocycles. The van der Waals surface area contributed by atoms with Crippen molar-refractivity contribution in [2.75, 3.05) is 19.1 Å². The average Bonchev–Trinajstić information content (AvgIpc) is 2.68. The molecule has 2 heterocycles. The summed E-state index contributed by atoms with van der Waals surface area (Å²) in [7, 11) is 3.09. The number of fused-ring (bicyclic) bond motifs is 1. The number of aliphatic hydroxyl groups is 1. The molecule has 6 nitrogen and oxygen atoms in total. The summed E-state index contributed by atoms with van der Waals surface area (Å²) in [6, 6.07) is 6.85. The molecule has 2 aliphatic heterocycles. The van der Waals surface area contributed by atoms with Crippen molar-refractivity contribution < 1.29 is 24.1 Å². The van der Waals surface area contributed by atoms with Gasteiger partial charge < -0.3 is 24.2 Å². The summed E-state index contributed by atoms with van der Waals surface area (Å²) in [5.74, 6) is -0.905. The van der Waals surface area contributed by atoms with Crippen LogP contribution in [0.4, 0.5) is 5.69 Å². The predicted molar refractivity (Wildman–Crippen MR) is 70.6 cm³/mol. The van der Waals surface area contributed by atoms with Crippen LogP contribution in [0.1, 0.15) is 6.92 Å². The fourth-order valence-electron chi connectivity index (χ4n) is 2.94. The molecule has 1 aromatic rings. The van der Waals surface area contributed by atoms with Crippen molar-refractivity contribution in [3.05, 3.63) is 24.3 Å². The number of nitrogens with zero attached hydrogens (tertiary/aromatic N) is 1. The van der Waals surface area contributed by atoms with Crippen molar-refractivity contribution >= 4 is 11.6 Å². The first-order chi connectivity index (χ1) is 9.49. The van der Waals surface area contributed by atoms with Crippen LogP contribution in [-0.4, -0.2) is 49.3 Å². The fourth-order valence-corrected chi connectivity index (χ4v) is 2.94. The van der Waals surface area contributed by atoms with Crippen LogP contribution in [0.2, 0.25) is 0 Å². The normalized spacial score (nSPS) is 35.7. The van der Waals surface area contributed by atoms with Gasteiger partial charge in [0.1, 0.15) is 17.9 Å². The third-order valence-corrected chi connectivity index (χ3v) is 3.90. The van der Waals surface area contributed by atoms with Gasteiger partial charge in [-0.1, -0.05) is 0 Å². The smallest absolute Gasteiger partial charge is 0.258 e. The van der Waals surface area contributed by atoms with E-state index in [0.29, 0.717) is 0 Å². The van der Waals surface area contributed by atoms with Crippen molar-refractivity contribution in [1.82, 2.24) is 0 Å². The van der Waals surface area contributed by atoms with Gasteiger partial charge in [0.2, 0.25) is 0 Å². The lowest BCUT2D eigenvalue weighted by atomic mass is 9.92. The van der Waals surface area contributed by atoms with E-state index in [9.17, 15) is 9.90 Å². The van der Waals surface area contributed by atoms with Gasteiger partial charge in [-0.15, -0.1) is 0 Å². The number of hydrogen-bond donors (Lipinski definition) is 1. The molecule has 1 amide bonds. The van der Waals surface area contributed by atoms with E-state index in [1.165, 1.54) is 14.0 Å². The molecule has 1 aromatic carbocycles. The molecular formula is C14H17NO5. The van der Waals surface area contributed by atoms with Gasteiger partial charge in [-0.05, 0) is 31.2 Å². The summed E-state index contributed by atoms with van der Waals surface area (Å²) in [5.41, 5.74) is 0.736. The molecule has 6 heteroatoms. The number of amides is 1. The van der Waals surface area contributed by atoms with Crippen molar-refractivity contribution in [3.8, 4) is 5.75 Å². The van der Waals surface area contributed by atoms with Crippen LogP contribution >= 0.6 is 0 Å². The molecule has 108 valence electrons. The molecule has 2 aliphatic rings. The monoisotopic (exact) mass is 279 g/mol. The number of carbonyl (C=O) groups excluding carboxylic acids is 1. The highest BCUT2D eigenvalue weighted by Gasteiger charge is 2.65. The van der Waals surface area contributed by atoms with Gasteiger partial charge in [0.25, 0.3) is 5.91 Å². The number of anilines is 1. The lowest BCUT2D eigenvalue weighted by Gasteiger charge is -2.43. The van der Waals surface area contributed by atoms with Gasteiger partial charge in [-0.3, -0.25) is 4.79 Å². The highest BCUT2D eigenvalue weighted by atomic mass is 16.7. The largest absolute Gasteiger partial charge is 0.497 e. The maximum atomic E-state index is 12.2. The van der Waals surface area contributed by atoms with Crippen LogP contribution in [-0.2, 0) is 14.3 Å². The molecule has 0 aliphatic carbocycles. The molecule has 2 fully saturated rings. The molecule has 3 rings (SSSR count). The van der Waals surface area contributed by atoms with Gasteiger partial charge in [0, 0.05) is 12.8 Å². The standard InChI is InChI=1S/C14H17NO5/c1-14(17)12(19-3)10-11(20-14)13(16)15(10)8-4-6-9(18-2)7-5-8/h4-7,10-12,17H,1-3H3/t10-,11-,12+,14-/m1/s1. The summed E-state index contributed by atoms with van der Waals surface area (Å²) in [4.78, 5) is 13.7. The first kappa shape index (κ1) is 13.4. The molecule has 0 aromatic heterocycles. The minimum atomic E-state index is -1.46. The van der Waals surface area contributed by atoms with E-state index in [1.807, 2.05) is 0 Å². The lowest BCUT2D eigenvalue weighted by molar-refractivity contribution is -0.217. The molecule has 20 heavy (non-hydrogen) atoms.